The predicted molar refractivity (Wildman–Crippen MR) is 331 cm³/mol. The molecule has 0 amide bonds. The molecule has 0 fully saturated rings. The number of hydrogen-bond donors (Lipinski definition) is 0. The van der Waals surface area contributed by atoms with Gasteiger partial charge in [-0.1, -0.05) is 206 Å². The Morgan fingerprint density at radius 3 is 1.72 bits per heavy atom. The summed E-state index contributed by atoms with van der Waals surface area (Å²) in [4.78, 5) is 7.80. The van der Waals surface area contributed by atoms with Crippen LogP contribution < -0.4 is 25.6 Å². The van der Waals surface area contributed by atoms with Gasteiger partial charge in [0.1, 0.15) is 5.82 Å². The van der Waals surface area contributed by atoms with Gasteiger partial charge in [0.15, 0.2) is 8.07 Å². The highest BCUT2D eigenvalue weighted by Gasteiger charge is 2.49. The van der Waals surface area contributed by atoms with Gasteiger partial charge in [-0.15, -0.1) is 0 Å². The molecule has 16 aromatic rings. The number of anilines is 3. The summed E-state index contributed by atoms with van der Waals surface area (Å²) >= 11 is 0. The number of hydrogen-bond acceptors (Lipinski definition) is 2. The lowest BCUT2D eigenvalue weighted by molar-refractivity contribution is 1.19. The Morgan fingerprint density at radius 2 is 0.897 bits per heavy atom. The molecule has 3 aromatic heterocycles. The Morgan fingerprint density at radius 1 is 0.308 bits per heavy atom. The van der Waals surface area contributed by atoms with Crippen molar-refractivity contribution in [2.45, 2.75) is 0 Å². The van der Waals surface area contributed by atoms with Crippen molar-refractivity contribution >= 4 is 133 Å². The number of benzene rings is 13. The van der Waals surface area contributed by atoms with E-state index in [0.29, 0.717) is 0 Å². The SMILES string of the molecule is c1ccc(-n2c3ccccc3c3c4cccc5cc(-n6c7ccccc7c7cc(-c8ccc9c(c8)[Si](c8ccccc8)(c8ccccc8)c8ccccc8N9c8ccc9ccccc9n8)ccc76)c6cccc(c6c54)c32)cc1. The van der Waals surface area contributed by atoms with Gasteiger partial charge in [0, 0.05) is 60.2 Å². The highest BCUT2D eigenvalue weighted by Crippen LogP contribution is 2.48. The van der Waals surface area contributed by atoms with E-state index in [4.69, 9.17) is 4.98 Å². The van der Waals surface area contributed by atoms with Crippen LogP contribution in [0.25, 0.3) is 109 Å². The highest BCUT2D eigenvalue weighted by atomic mass is 28.3. The van der Waals surface area contributed by atoms with Gasteiger partial charge in [0.05, 0.1) is 33.3 Å². The van der Waals surface area contributed by atoms with Gasteiger partial charge >= 0.3 is 0 Å². The van der Waals surface area contributed by atoms with E-state index < -0.39 is 8.07 Å². The molecule has 4 heterocycles. The molecule has 0 bridgehead atoms. The molecule has 1 aliphatic rings. The summed E-state index contributed by atoms with van der Waals surface area (Å²) < 4.78 is 5.02. The summed E-state index contributed by atoms with van der Waals surface area (Å²) in [6.07, 6.45) is 0. The van der Waals surface area contributed by atoms with Crippen molar-refractivity contribution in [2.75, 3.05) is 4.90 Å². The third-order valence-electron chi connectivity index (χ3n) is 17.1. The molecule has 0 radical (unpaired) electrons. The number of aromatic nitrogens is 3. The number of nitrogens with zero attached hydrogens (tertiary/aromatic N) is 4. The summed E-state index contributed by atoms with van der Waals surface area (Å²) in [7, 11) is -2.99. The zero-order valence-electron chi connectivity index (χ0n) is 42.3. The molecule has 78 heavy (non-hydrogen) atoms. The zero-order chi connectivity index (χ0) is 51.1. The maximum atomic E-state index is 5.38. The molecule has 0 spiro atoms. The third-order valence-corrected chi connectivity index (χ3v) is 21.9. The van der Waals surface area contributed by atoms with Crippen LogP contribution in [-0.4, -0.2) is 22.2 Å². The van der Waals surface area contributed by atoms with Crippen LogP contribution in [-0.2, 0) is 0 Å². The minimum absolute atomic E-state index is 0.905. The smallest absolute Gasteiger partial charge is 0.184 e. The normalized spacial score (nSPS) is 13.2. The Bertz CT molecular complexity index is 5060. The minimum atomic E-state index is -2.99. The van der Waals surface area contributed by atoms with Gasteiger partial charge < -0.3 is 9.13 Å². The maximum absolute atomic E-state index is 5.38. The summed E-state index contributed by atoms with van der Waals surface area (Å²) in [5.41, 5.74) is 12.8. The van der Waals surface area contributed by atoms with E-state index in [0.717, 1.165) is 28.1 Å². The van der Waals surface area contributed by atoms with Crippen LogP contribution in [0.15, 0.2) is 279 Å². The van der Waals surface area contributed by atoms with Crippen LogP contribution in [0.4, 0.5) is 17.2 Å². The van der Waals surface area contributed by atoms with Gasteiger partial charge in [0.25, 0.3) is 0 Å². The van der Waals surface area contributed by atoms with Crippen molar-refractivity contribution in [1.29, 1.82) is 0 Å². The van der Waals surface area contributed by atoms with E-state index in [9.17, 15) is 0 Å². The van der Waals surface area contributed by atoms with Crippen molar-refractivity contribution in [3.8, 4) is 22.5 Å². The zero-order valence-corrected chi connectivity index (χ0v) is 43.3. The van der Waals surface area contributed by atoms with E-state index in [2.05, 4.69) is 293 Å². The highest BCUT2D eigenvalue weighted by molar-refractivity contribution is 7.21. The number of para-hydroxylation sites is 5. The quantitative estimate of drug-likeness (QED) is 0.123. The van der Waals surface area contributed by atoms with E-state index in [-0.39, 0.29) is 0 Å². The van der Waals surface area contributed by atoms with Crippen LogP contribution in [0.5, 0.6) is 0 Å². The van der Waals surface area contributed by atoms with Gasteiger partial charge in [-0.3, -0.25) is 4.90 Å². The summed E-state index contributed by atoms with van der Waals surface area (Å²) in [5, 5.41) is 19.1. The first kappa shape index (κ1) is 43.2. The van der Waals surface area contributed by atoms with Crippen molar-refractivity contribution in [3.05, 3.63) is 279 Å². The Labute approximate surface area is 450 Å². The number of pyridine rings is 1. The van der Waals surface area contributed by atoms with Gasteiger partial charge in [-0.2, -0.15) is 0 Å². The lowest BCUT2D eigenvalue weighted by Crippen LogP contribution is -2.77. The lowest BCUT2D eigenvalue weighted by atomic mass is 9.90. The molecule has 0 N–H and O–H groups in total. The monoisotopic (exact) mass is 1010 g/mol. The fourth-order valence-corrected chi connectivity index (χ4v) is 19.0. The second kappa shape index (κ2) is 16.5. The van der Waals surface area contributed by atoms with Crippen LogP contribution in [0.3, 0.4) is 0 Å². The van der Waals surface area contributed by atoms with E-state index in [1.807, 2.05) is 0 Å². The average Bonchev–Trinajstić information content (AvgIpc) is 4.02. The molecule has 17 rings (SSSR count). The molecule has 0 aliphatic carbocycles. The van der Waals surface area contributed by atoms with Crippen molar-refractivity contribution in [3.63, 3.8) is 0 Å². The largest absolute Gasteiger partial charge is 0.309 e. The Hall–Kier alpha value is -10.1. The minimum Gasteiger partial charge on any atom is -0.309 e. The number of rotatable bonds is 6. The first-order chi connectivity index (χ1) is 38.7. The molecular formula is C73H46N4Si. The van der Waals surface area contributed by atoms with Crippen molar-refractivity contribution in [2.24, 2.45) is 0 Å². The second-order valence-corrected chi connectivity index (χ2v) is 24.7. The summed E-state index contributed by atoms with van der Waals surface area (Å²) in [6.45, 7) is 0. The van der Waals surface area contributed by atoms with Gasteiger partial charge in [-0.25, -0.2) is 4.98 Å². The first-order valence-electron chi connectivity index (χ1n) is 27.0. The molecule has 0 atom stereocenters. The fraction of sp³-hybridized carbons (Fsp3) is 0. The Balaban J connectivity index is 0.912. The number of fused-ring (bicyclic) bond motifs is 11. The third kappa shape index (κ3) is 5.91. The van der Waals surface area contributed by atoms with E-state index in [1.165, 1.54) is 119 Å². The van der Waals surface area contributed by atoms with Crippen molar-refractivity contribution < 1.29 is 0 Å². The topological polar surface area (TPSA) is 26.0 Å². The van der Waals surface area contributed by atoms with Crippen LogP contribution >= 0.6 is 0 Å². The fourth-order valence-electron chi connectivity index (χ4n) is 13.9. The molecule has 362 valence electrons. The van der Waals surface area contributed by atoms with E-state index in [1.54, 1.807) is 0 Å². The van der Waals surface area contributed by atoms with Crippen LogP contribution in [0.2, 0.25) is 0 Å². The molecule has 1 aliphatic heterocycles. The molecule has 0 unspecified atom stereocenters. The molecule has 0 saturated heterocycles. The van der Waals surface area contributed by atoms with Crippen LogP contribution in [0.1, 0.15) is 0 Å². The van der Waals surface area contributed by atoms with Gasteiger partial charge in [-0.05, 0) is 121 Å². The second-order valence-electron chi connectivity index (χ2n) is 21.0. The molecular weight excluding hydrogens is 961 g/mol. The average molecular weight is 1010 g/mol. The lowest BCUT2D eigenvalue weighted by Gasteiger charge is -2.44. The molecule has 0 saturated carbocycles. The van der Waals surface area contributed by atoms with Crippen molar-refractivity contribution in [1.82, 2.24) is 14.1 Å². The molecule has 13 aromatic carbocycles. The predicted octanol–water partition coefficient (Wildman–Crippen LogP) is 16.2. The summed E-state index contributed by atoms with van der Waals surface area (Å²) in [6, 6.07) is 104. The summed E-state index contributed by atoms with van der Waals surface area (Å²) in [5.74, 6) is 0.905. The Kier molecular flexibility index (Phi) is 9.12. The molecule has 4 nitrogen and oxygen atoms in total. The van der Waals surface area contributed by atoms with Gasteiger partial charge in [0.2, 0.25) is 0 Å². The maximum Gasteiger partial charge on any atom is 0.184 e. The standard InChI is InChI=1S/C73H46N4Si/c1-4-22-51(23-5-1)75-62-35-15-12-29-55(62)72-57-31-18-21-50-45-66(56-30-19-32-58(73(72)75)71(56)70(50)57)76-61-34-14-11-28-54(61)59-44-48(38-41-63(59)76)49-39-42-65-68(46-49)78(52-24-6-2-7-25-52,53-26-8-3-9-27-53)67-37-17-16-36-64(67)77(65)69-43-40-47-20-10-13-33-60(47)74-69/h1-46H. The van der Waals surface area contributed by atoms with Crippen LogP contribution in [0, 0.1) is 0 Å². The van der Waals surface area contributed by atoms with E-state index >= 15 is 0 Å². The molecule has 5 heteroatoms. The first-order valence-corrected chi connectivity index (χ1v) is 29.0.